The molecule has 1 aliphatic heterocycles. The number of nitrogens with two attached hydrogens (primary N) is 1. The van der Waals surface area contributed by atoms with E-state index in [1.54, 1.807) is 0 Å². The Morgan fingerprint density at radius 3 is 2.89 bits per heavy atom. The van der Waals surface area contributed by atoms with Crippen LogP contribution in [-0.2, 0) is 4.74 Å². The SMILES string of the molecule is [B]N1CC(CN)OC1=O. The number of rotatable bonds is 1. The van der Waals surface area contributed by atoms with Crippen LogP contribution in [0.1, 0.15) is 0 Å². The summed E-state index contributed by atoms with van der Waals surface area (Å²) < 4.78 is 4.66. The molecule has 1 unspecified atom stereocenters. The zero-order chi connectivity index (χ0) is 6.85. The van der Waals surface area contributed by atoms with Gasteiger partial charge >= 0.3 is 6.09 Å². The number of cyclic esters (lactones) is 1. The second-order valence-corrected chi connectivity index (χ2v) is 1.89. The third-order valence-electron chi connectivity index (χ3n) is 1.17. The standard InChI is InChI=1S/C4H7BN2O2/c5-7-2-3(1-6)9-4(7)8/h3H,1-2,6H2. The molecular weight excluding hydrogens is 119 g/mol. The molecule has 0 aromatic heterocycles. The number of hydrogen-bond donors (Lipinski definition) is 1. The second kappa shape index (κ2) is 2.27. The van der Waals surface area contributed by atoms with Crippen molar-refractivity contribution in [1.29, 1.82) is 0 Å². The monoisotopic (exact) mass is 126 g/mol. The summed E-state index contributed by atoms with van der Waals surface area (Å²) in [7, 11) is 5.15. The van der Waals surface area contributed by atoms with Crippen LogP contribution in [0.2, 0.25) is 0 Å². The minimum absolute atomic E-state index is 0.220. The maximum Gasteiger partial charge on any atom is 0.397 e. The molecule has 0 saturated carbocycles. The molecule has 1 amide bonds. The first-order valence-corrected chi connectivity index (χ1v) is 2.67. The molecule has 9 heavy (non-hydrogen) atoms. The van der Waals surface area contributed by atoms with Crippen LogP contribution in [0.5, 0.6) is 0 Å². The Balaban J connectivity index is 2.44. The van der Waals surface area contributed by atoms with Crippen LogP contribution in [0.15, 0.2) is 0 Å². The van der Waals surface area contributed by atoms with E-state index in [1.807, 2.05) is 0 Å². The average Bonchev–Trinajstić information content (AvgIpc) is 2.13. The van der Waals surface area contributed by atoms with E-state index in [0.29, 0.717) is 13.1 Å². The third kappa shape index (κ3) is 1.16. The van der Waals surface area contributed by atoms with Gasteiger partial charge in [-0.25, -0.2) is 4.79 Å². The molecule has 0 spiro atoms. The maximum atomic E-state index is 10.5. The summed E-state index contributed by atoms with van der Waals surface area (Å²) in [5.41, 5.74) is 5.20. The number of carbonyl (C=O) groups is 1. The lowest BCUT2D eigenvalue weighted by atomic mass is 10.3. The van der Waals surface area contributed by atoms with Crippen molar-refractivity contribution in [1.82, 2.24) is 4.81 Å². The summed E-state index contributed by atoms with van der Waals surface area (Å²) >= 11 is 0. The zero-order valence-corrected chi connectivity index (χ0v) is 4.91. The van der Waals surface area contributed by atoms with E-state index in [-0.39, 0.29) is 6.10 Å². The van der Waals surface area contributed by atoms with Crippen molar-refractivity contribution in [3.05, 3.63) is 0 Å². The van der Waals surface area contributed by atoms with E-state index in [0.717, 1.165) is 4.81 Å². The number of nitrogens with zero attached hydrogens (tertiary/aromatic N) is 1. The van der Waals surface area contributed by atoms with Gasteiger partial charge in [-0.2, -0.15) is 0 Å². The van der Waals surface area contributed by atoms with Crippen molar-refractivity contribution >= 4 is 14.1 Å². The molecule has 0 aliphatic carbocycles. The molecule has 1 heterocycles. The van der Waals surface area contributed by atoms with E-state index in [4.69, 9.17) is 13.7 Å². The van der Waals surface area contributed by atoms with Gasteiger partial charge in [0.15, 0.2) is 0 Å². The Bertz CT molecular complexity index is 130. The smallest absolute Gasteiger partial charge is 0.397 e. The molecule has 0 aromatic carbocycles. The molecule has 1 fully saturated rings. The van der Waals surface area contributed by atoms with Gasteiger partial charge in [-0.3, -0.25) is 0 Å². The van der Waals surface area contributed by atoms with E-state index >= 15 is 0 Å². The molecule has 1 rings (SSSR count). The zero-order valence-electron chi connectivity index (χ0n) is 4.91. The largest absolute Gasteiger partial charge is 0.444 e. The summed E-state index contributed by atoms with van der Waals surface area (Å²) in [4.78, 5) is 11.5. The minimum Gasteiger partial charge on any atom is -0.444 e. The maximum absolute atomic E-state index is 10.5. The average molecular weight is 126 g/mol. The summed E-state index contributed by atoms with van der Waals surface area (Å²) in [6.45, 7) is 0.731. The lowest BCUT2D eigenvalue weighted by Crippen LogP contribution is -2.25. The quantitative estimate of drug-likeness (QED) is 0.451. The number of amides is 1. The van der Waals surface area contributed by atoms with E-state index < -0.39 is 6.09 Å². The molecule has 0 bridgehead atoms. The highest BCUT2D eigenvalue weighted by atomic mass is 16.6. The van der Waals surface area contributed by atoms with Gasteiger partial charge in [0.05, 0.1) is 0 Å². The van der Waals surface area contributed by atoms with Gasteiger partial charge in [0, 0.05) is 13.1 Å². The lowest BCUT2D eigenvalue weighted by molar-refractivity contribution is 0.140. The van der Waals surface area contributed by atoms with Gasteiger partial charge < -0.3 is 15.3 Å². The number of ether oxygens (including phenoxy) is 1. The van der Waals surface area contributed by atoms with E-state index in [1.165, 1.54) is 0 Å². The molecule has 1 atom stereocenters. The van der Waals surface area contributed by atoms with Gasteiger partial charge in [0.2, 0.25) is 7.98 Å². The highest BCUT2D eigenvalue weighted by Crippen LogP contribution is 2.05. The molecule has 2 radical (unpaired) electrons. The summed E-state index contributed by atoms with van der Waals surface area (Å²) in [6.07, 6.45) is -0.715. The van der Waals surface area contributed by atoms with Crippen LogP contribution in [0, 0.1) is 0 Å². The molecule has 1 aliphatic rings. The van der Waals surface area contributed by atoms with Crippen molar-refractivity contribution in [2.45, 2.75) is 6.10 Å². The molecule has 5 heteroatoms. The summed E-state index contributed by atoms with van der Waals surface area (Å²) in [5.74, 6) is 0. The molecule has 0 aromatic rings. The second-order valence-electron chi connectivity index (χ2n) is 1.89. The van der Waals surface area contributed by atoms with Crippen LogP contribution in [-0.4, -0.2) is 38.1 Å². The molecule has 48 valence electrons. The first kappa shape index (κ1) is 6.42. The van der Waals surface area contributed by atoms with E-state index in [9.17, 15) is 4.79 Å². The van der Waals surface area contributed by atoms with Gasteiger partial charge in [-0.1, -0.05) is 0 Å². The predicted molar refractivity (Wildman–Crippen MR) is 31.8 cm³/mol. The Labute approximate surface area is 54.4 Å². The fourth-order valence-corrected chi connectivity index (χ4v) is 0.664. The summed E-state index contributed by atoms with van der Waals surface area (Å²) in [5, 5.41) is 0. The fraction of sp³-hybridized carbons (Fsp3) is 0.750. The van der Waals surface area contributed by atoms with Crippen molar-refractivity contribution < 1.29 is 9.53 Å². The van der Waals surface area contributed by atoms with Crippen molar-refractivity contribution in [2.24, 2.45) is 5.73 Å². The lowest BCUT2D eigenvalue weighted by Gasteiger charge is -2.01. The number of carbonyl (C=O) groups excluding carboxylic acids is 1. The highest BCUT2D eigenvalue weighted by Gasteiger charge is 2.25. The normalized spacial score (nSPS) is 26.6. The van der Waals surface area contributed by atoms with Gasteiger partial charge in [-0.05, 0) is 0 Å². The first-order valence-electron chi connectivity index (χ1n) is 2.67. The molecule has 4 nitrogen and oxygen atoms in total. The third-order valence-corrected chi connectivity index (χ3v) is 1.17. The van der Waals surface area contributed by atoms with Crippen LogP contribution in [0.3, 0.4) is 0 Å². The Morgan fingerprint density at radius 2 is 2.67 bits per heavy atom. The number of hydrogen-bond acceptors (Lipinski definition) is 3. The van der Waals surface area contributed by atoms with Gasteiger partial charge in [0.1, 0.15) is 6.10 Å². The Hall–Kier alpha value is -0.705. The molecule has 1 saturated heterocycles. The topological polar surface area (TPSA) is 55.6 Å². The van der Waals surface area contributed by atoms with E-state index in [2.05, 4.69) is 4.74 Å². The highest BCUT2D eigenvalue weighted by molar-refractivity contribution is 6.13. The fourth-order valence-electron chi connectivity index (χ4n) is 0.664. The molecular formula is C4H7BN2O2. The van der Waals surface area contributed by atoms with Crippen LogP contribution in [0.4, 0.5) is 4.79 Å². The van der Waals surface area contributed by atoms with Crippen molar-refractivity contribution in [3.8, 4) is 0 Å². The van der Waals surface area contributed by atoms with Crippen LogP contribution >= 0.6 is 0 Å². The van der Waals surface area contributed by atoms with Gasteiger partial charge in [-0.15, -0.1) is 0 Å². The van der Waals surface area contributed by atoms with Crippen LogP contribution in [0.25, 0.3) is 0 Å². The minimum atomic E-state index is -0.495. The molecule has 2 N–H and O–H groups in total. The Kier molecular flexibility index (Phi) is 1.62. The predicted octanol–water partition coefficient (Wildman–Crippen LogP) is -1.15. The summed E-state index contributed by atoms with van der Waals surface area (Å²) in [6, 6.07) is 0. The Morgan fingerprint density at radius 1 is 2.00 bits per heavy atom. The first-order chi connectivity index (χ1) is 4.24. The van der Waals surface area contributed by atoms with Crippen molar-refractivity contribution in [3.63, 3.8) is 0 Å². The van der Waals surface area contributed by atoms with Crippen LogP contribution < -0.4 is 5.73 Å². The van der Waals surface area contributed by atoms with Gasteiger partial charge in [0.25, 0.3) is 0 Å². The van der Waals surface area contributed by atoms with Crippen molar-refractivity contribution in [2.75, 3.05) is 13.1 Å².